The van der Waals surface area contributed by atoms with Crippen LogP contribution in [0.5, 0.6) is 0 Å². The molecule has 0 saturated heterocycles. The van der Waals surface area contributed by atoms with E-state index in [0.29, 0.717) is 12.0 Å². The van der Waals surface area contributed by atoms with Crippen LogP contribution in [0.3, 0.4) is 0 Å². The Labute approximate surface area is 131 Å². The molecule has 0 heterocycles. The first-order valence-corrected chi connectivity index (χ1v) is 8.62. The molecule has 0 bridgehead atoms. The molecule has 0 aliphatic carbocycles. The minimum absolute atomic E-state index is 0.271. The summed E-state index contributed by atoms with van der Waals surface area (Å²) in [5, 5.41) is 3.84. The van der Waals surface area contributed by atoms with Crippen LogP contribution in [0.15, 0.2) is 58.5 Å². The minimum atomic E-state index is -3.61. The average Bonchev–Trinajstić information content (AvgIpc) is 2.50. The maximum absolute atomic E-state index is 12.2. The van der Waals surface area contributed by atoms with Crippen LogP contribution in [0.25, 0.3) is 0 Å². The summed E-state index contributed by atoms with van der Waals surface area (Å²) in [6.07, 6.45) is 3.10. The molecule has 4 nitrogen and oxygen atoms in total. The predicted octanol–water partition coefficient (Wildman–Crippen LogP) is 3.20. The van der Waals surface area contributed by atoms with Crippen molar-refractivity contribution in [1.29, 1.82) is 0 Å². The van der Waals surface area contributed by atoms with Crippen LogP contribution in [0.4, 0.5) is 0 Å². The Hall–Kier alpha value is -2.14. The normalized spacial score (nSPS) is 11.7. The highest BCUT2D eigenvalue weighted by atomic mass is 32.2. The second-order valence-corrected chi connectivity index (χ2v) is 6.83. The van der Waals surface area contributed by atoms with Crippen molar-refractivity contribution < 1.29 is 8.42 Å². The van der Waals surface area contributed by atoms with E-state index in [9.17, 15) is 8.42 Å². The molecule has 0 spiro atoms. The van der Waals surface area contributed by atoms with E-state index in [1.807, 2.05) is 43.3 Å². The molecule has 116 valence electrons. The van der Waals surface area contributed by atoms with Gasteiger partial charge in [-0.2, -0.15) is 13.5 Å². The van der Waals surface area contributed by atoms with Gasteiger partial charge in [0.1, 0.15) is 0 Å². The summed E-state index contributed by atoms with van der Waals surface area (Å²) in [6, 6.07) is 15.3. The summed E-state index contributed by atoms with van der Waals surface area (Å²) in [6.45, 7) is 3.63. The van der Waals surface area contributed by atoms with E-state index in [4.69, 9.17) is 0 Å². The molecular weight excluding hydrogens is 296 g/mol. The van der Waals surface area contributed by atoms with Crippen LogP contribution in [0.2, 0.25) is 0 Å². The van der Waals surface area contributed by atoms with Crippen molar-refractivity contribution in [2.24, 2.45) is 5.10 Å². The summed E-state index contributed by atoms with van der Waals surface area (Å²) in [7, 11) is -3.61. The standard InChI is InChI=1S/C17H20N2O2S/c1-14-10-11-15(2)17(13-14)22(20,21)19-18-12-6-9-16-7-4-3-5-8-16/h3-5,7-8,10-13,19H,6,9H2,1-2H3/b18-12-. The van der Waals surface area contributed by atoms with Gasteiger partial charge in [-0.15, -0.1) is 0 Å². The molecule has 1 N–H and O–H groups in total. The fourth-order valence-corrected chi connectivity index (χ4v) is 3.24. The monoisotopic (exact) mass is 316 g/mol. The van der Waals surface area contributed by atoms with Crippen LogP contribution in [-0.4, -0.2) is 14.6 Å². The lowest BCUT2D eigenvalue weighted by molar-refractivity contribution is 0.584. The summed E-state index contributed by atoms with van der Waals surface area (Å²) in [5.41, 5.74) is 2.81. The van der Waals surface area contributed by atoms with Gasteiger partial charge in [0.05, 0.1) is 4.90 Å². The van der Waals surface area contributed by atoms with Gasteiger partial charge >= 0.3 is 0 Å². The lowest BCUT2D eigenvalue weighted by Gasteiger charge is -2.07. The van der Waals surface area contributed by atoms with E-state index in [2.05, 4.69) is 9.93 Å². The first-order chi connectivity index (χ1) is 10.5. The van der Waals surface area contributed by atoms with Gasteiger partial charge < -0.3 is 0 Å². The highest BCUT2D eigenvalue weighted by Gasteiger charge is 2.15. The highest BCUT2D eigenvalue weighted by Crippen LogP contribution is 2.16. The molecule has 0 unspecified atom stereocenters. The van der Waals surface area contributed by atoms with Crippen molar-refractivity contribution in [3.05, 3.63) is 65.2 Å². The second-order valence-electron chi connectivity index (χ2n) is 5.20. The molecule has 0 atom stereocenters. The highest BCUT2D eigenvalue weighted by molar-refractivity contribution is 7.89. The topological polar surface area (TPSA) is 58.5 Å². The largest absolute Gasteiger partial charge is 0.276 e. The molecule has 0 aliphatic heterocycles. The van der Waals surface area contributed by atoms with E-state index < -0.39 is 10.0 Å². The van der Waals surface area contributed by atoms with Crippen LogP contribution < -0.4 is 4.83 Å². The number of nitrogens with one attached hydrogen (secondary N) is 1. The molecule has 0 radical (unpaired) electrons. The maximum Gasteiger partial charge on any atom is 0.276 e. The van der Waals surface area contributed by atoms with E-state index in [0.717, 1.165) is 12.0 Å². The van der Waals surface area contributed by atoms with Gasteiger partial charge in [0.15, 0.2) is 0 Å². The van der Waals surface area contributed by atoms with Crippen molar-refractivity contribution >= 4 is 16.2 Å². The van der Waals surface area contributed by atoms with Gasteiger partial charge in [-0.3, -0.25) is 0 Å². The lowest BCUT2D eigenvalue weighted by atomic mass is 10.1. The first-order valence-electron chi connectivity index (χ1n) is 7.13. The zero-order valence-electron chi connectivity index (χ0n) is 12.8. The predicted molar refractivity (Wildman–Crippen MR) is 89.5 cm³/mol. The number of nitrogens with zero attached hydrogens (tertiary/aromatic N) is 1. The van der Waals surface area contributed by atoms with Gasteiger partial charge in [-0.1, -0.05) is 42.5 Å². The summed E-state index contributed by atoms with van der Waals surface area (Å²) >= 11 is 0. The Balaban J connectivity index is 1.95. The Kier molecular flexibility index (Phi) is 5.33. The number of hydrazone groups is 1. The van der Waals surface area contributed by atoms with Gasteiger partial charge in [0.25, 0.3) is 10.0 Å². The van der Waals surface area contributed by atoms with Gasteiger partial charge in [0.2, 0.25) is 0 Å². The minimum Gasteiger partial charge on any atom is -0.200 e. The van der Waals surface area contributed by atoms with E-state index in [1.54, 1.807) is 25.3 Å². The number of hydrogen-bond donors (Lipinski definition) is 1. The molecule has 0 saturated carbocycles. The average molecular weight is 316 g/mol. The lowest BCUT2D eigenvalue weighted by Crippen LogP contribution is -2.19. The van der Waals surface area contributed by atoms with Crippen LogP contribution in [0.1, 0.15) is 23.1 Å². The Morgan fingerprint density at radius 1 is 1.09 bits per heavy atom. The fraction of sp³-hybridized carbons (Fsp3) is 0.235. The number of benzene rings is 2. The van der Waals surface area contributed by atoms with Crippen molar-refractivity contribution in [2.75, 3.05) is 0 Å². The van der Waals surface area contributed by atoms with Gasteiger partial charge in [-0.05, 0) is 49.4 Å². The van der Waals surface area contributed by atoms with Crippen LogP contribution in [-0.2, 0) is 16.4 Å². The third-order valence-electron chi connectivity index (χ3n) is 3.30. The molecule has 2 aromatic carbocycles. The molecule has 0 amide bonds. The van der Waals surface area contributed by atoms with Gasteiger partial charge in [0, 0.05) is 6.21 Å². The fourth-order valence-electron chi connectivity index (χ4n) is 2.09. The summed E-state index contributed by atoms with van der Waals surface area (Å²) in [4.78, 5) is 2.54. The zero-order valence-corrected chi connectivity index (χ0v) is 13.6. The van der Waals surface area contributed by atoms with E-state index >= 15 is 0 Å². The Morgan fingerprint density at radius 3 is 2.55 bits per heavy atom. The first kappa shape index (κ1) is 16.2. The van der Waals surface area contributed by atoms with Crippen molar-refractivity contribution in [3.8, 4) is 0 Å². The van der Waals surface area contributed by atoms with E-state index in [-0.39, 0.29) is 4.90 Å². The quantitative estimate of drug-likeness (QED) is 0.657. The smallest absolute Gasteiger partial charge is 0.200 e. The Morgan fingerprint density at radius 2 is 1.82 bits per heavy atom. The van der Waals surface area contributed by atoms with E-state index in [1.165, 1.54) is 5.56 Å². The maximum atomic E-state index is 12.2. The molecule has 0 aliphatic rings. The number of sulfonamides is 1. The van der Waals surface area contributed by atoms with Crippen molar-refractivity contribution in [1.82, 2.24) is 4.83 Å². The third-order valence-corrected chi connectivity index (χ3v) is 4.67. The van der Waals surface area contributed by atoms with Crippen LogP contribution >= 0.6 is 0 Å². The summed E-state index contributed by atoms with van der Waals surface area (Å²) in [5.74, 6) is 0. The third kappa shape index (κ3) is 4.43. The second kappa shape index (κ2) is 7.22. The Bertz CT molecular complexity index is 753. The molecule has 5 heteroatoms. The molecule has 0 aromatic heterocycles. The summed E-state index contributed by atoms with van der Waals surface area (Å²) < 4.78 is 24.4. The van der Waals surface area contributed by atoms with Crippen molar-refractivity contribution in [2.45, 2.75) is 31.6 Å². The molecule has 2 rings (SSSR count). The van der Waals surface area contributed by atoms with Crippen molar-refractivity contribution in [3.63, 3.8) is 0 Å². The molecule has 2 aromatic rings. The van der Waals surface area contributed by atoms with Gasteiger partial charge in [-0.25, -0.2) is 4.83 Å². The molecule has 22 heavy (non-hydrogen) atoms. The zero-order chi connectivity index (χ0) is 16.0. The number of hydrogen-bond acceptors (Lipinski definition) is 3. The SMILES string of the molecule is Cc1ccc(C)c(S(=O)(=O)N/N=C\CCc2ccccc2)c1. The molecule has 0 fully saturated rings. The molecular formula is C17H20N2O2S. The van der Waals surface area contributed by atoms with Crippen LogP contribution in [0, 0.1) is 13.8 Å². The number of rotatable bonds is 6. The number of aryl methyl sites for hydroxylation is 3.